The normalized spacial score (nSPS) is 12.9. The van der Waals surface area contributed by atoms with Gasteiger partial charge in [-0.15, -0.1) is 0 Å². The zero-order valence-corrected chi connectivity index (χ0v) is 9.79. The van der Waals surface area contributed by atoms with E-state index in [1.165, 1.54) is 0 Å². The fourth-order valence-electron chi connectivity index (χ4n) is 0.891. The van der Waals surface area contributed by atoms with Crippen molar-refractivity contribution in [2.75, 3.05) is 40.4 Å². The minimum atomic E-state index is 0.347. The number of nitrogens with two attached hydrogens (primary N) is 1. The largest absolute Gasteiger partial charge is 0.387 e. The van der Waals surface area contributed by atoms with E-state index in [1.807, 2.05) is 13.8 Å². The van der Waals surface area contributed by atoms with Crippen LogP contribution in [0.25, 0.3) is 0 Å². The van der Waals surface area contributed by atoms with Gasteiger partial charge in [0.1, 0.15) is 0 Å². The predicted octanol–water partition coefficient (Wildman–Crippen LogP) is 0.578. The minimum absolute atomic E-state index is 0.347. The van der Waals surface area contributed by atoms with Crippen molar-refractivity contribution in [1.82, 2.24) is 4.90 Å². The average molecular weight is 201 g/mol. The van der Waals surface area contributed by atoms with E-state index in [0.29, 0.717) is 5.92 Å². The molecule has 0 aromatic heterocycles. The Balaban J connectivity index is 3.57. The van der Waals surface area contributed by atoms with Gasteiger partial charge in [-0.2, -0.15) is 0 Å². The lowest BCUT2D eigenvalue weighted by Gasteiger charge is -2.14. The van der Waals surface area contributed by atoms with Crippen LogP contribution in [-0.4, -0.2) is 51.1 Å². The van der Waals surface area contributed by atoms with E-state index in [0.717, 1.165) is 32.1 Å². The Labute approximate surface area is 87.1 Å². The van der Waals surface area contributed by atoms with E-state index >= 15 is 0 Å². The maximum atomic E-state index is 5.71. The highest BCUT2D eigenvalue weighted by Gasteiger charge is 1.99. The number of nitrogens with zero attached hydrogens (tertiary/aromatic N) is 2. The fourth-order valence-corrected chi connectivity index (χ4v) is 0.891. The molecule has 4 nitrogen and oxygen atoms in total. The second-order valence-electron chi connectivity index (χ2n) is 3.76. The van der Waals surface area contributed by atoms with E-state index < -0.39 is 0 Å². The molecule has 2 N–H and O–H groups in total. The molecule has 0 radical (unpaired) electrons. The topological polar surface area (TPSA) is 50.8 Å². The molecule has 0 bridgehead atoms. The Kier molecular flexibility index (Phi) is 7.42. The maximum Gasteiger partial charge on any atom is 0.0963 e. The Morgan fingerprint density at radius 2 is 2.07 bits per heavy atom. The first-order valence-corrected chi connectivity index (χ1v) is 5.05. The standard InChI is InChI=1S/C10H23N3O/c1-9(2)10(11)12-5-6-13(3)7-8-14-4/h9H,5-8H2,1-4H3,(H2,11,12). The summed E-state index contributed by atoms with van der Waals surface area (Å²) in [6.07, 6.45) is 0. The third-order valence-electron chi connectivity index (χ3n) is 2.04. The summed E-state index contributed by atoms with van der Waals surface area (Å²) in [4.78, 5) is 6.46. The first-order chi connectivity index (χ1) is 6.57. The molecule has 0 fully saturated rings. The van der Waals surface area contributed by atoms with Gasteiger partial charge in [0.2, 0.25) is 0 Å². The van der Waals surface area contributed by atoms with Crippen LogP contribution in [0.15, 0.2) is 4.99 Å². The second kappa shape index (κ2) is 7.76. The van der Waals surface area contributed by atoms with Crippen molar-refractivity contribution in [3.8, 4) is 0 Å². The SMILES string of the molecule is COCCN(C)CCN=C(N)C(C)C. The summed E-state index contributed by atoms with van der Waals surface area (Å²) < 4.78 is 4.98. The lowest BCUT2D eigenvalue weighted by molar-refractivity contribution is 0.163. The third-order valence-corrected chi connectivity index (χ3v) is 2.04. The highest BCUT2D eigenvalue weighted by molar-refractivity contribution is 5.82. The molecule has 0 amide bonds. The number of methoxy groups -OCH3 is 1. The molecule has 0 heterocycles. The molecule has 0 unspecified atom stereocenters. The molecule has 0 aliphatic heterocycles. The van der Waals surface area contributed by atoms with E-state index in [4.69, 9.17) is 10.5 Å². The number of amidine groups is 1. The second-order valence-corrected chi connectivity index (χ2v) is 3.76. The summed E-state index contributed by atoms with van der Waals surface area (Å²) >= 11 is 0. The van der Waals surface area contributed by atoms with E-state index in [-0.39, 0.29) is 0 Å². The van der Waals surface area contributed by atoms with Gasteiger partial charge in [0, 0.05) is 26.1 Å². The van der Waals surface area contributed by atoms with Crippen molar-refractivity contribution in [1.29, 1.82) is 0 Å². The Hall–Kier alpha value is -0.610. The summed E-state index contributed by atoms with van der Waals surface area (Å²) in [5.41, 5.74) is 5.71. The highest BCUT2D eigenvalue weighted by Crippen LogP contribution is 1.91. The molecule has 0 saturated heterocycles. The average Bonchev–Trinajstić information content (AvgIpc) is 2.14. The van der Waals surface area contributed by atoms with Crippen LogP contribution < -0.4 is 5.73 Å². The summed E-state index contributed by atoms with van der Waals surface area (Å²) in [7, 11) is 3.77. The van der Waals surface area contributed by atoms with Crippen molar-refractivity contribution in [2.24, 2.45) is 16.6 Å². The first kappa shape index (κ1) is 13.4. The monoisotopic (exact) mass is 201 g/mol. The number of hydrogen-bond acceptors (Lipinski definition) is 3. The van der Waals surface area contributed by atoms with E-state index in [2.05, 4.69) is 16.9 Å². The number of rotatable bonds is 7. The molecule has 4 heteroatoms. The molecule has 0 saturated carbocycles. The van der Waals surface area contributed by atoms with Crippen molar-refractivity contribution in [3.63, 3.8) is 0 Å². The van der Waals surface area contributed by atoms with E-state index in [9.17, 15) is 0 Å². The fraction of sp³-hybridized carbons (Fsp3) is 0.900. The molecule has 0 rings (SSSR count). The molecular weight excluding hydrogens is 178 g/mol. The third kappa shape index (κ3) is 6.86. The first-order valence-electron chi connectivity index (χ1n) is 5.05. The molecule has 0 spiro atoms. The molecular formula is C10H23N3O. The van der Waals surface area contributed by atoms with Crippen LogP contribution in [0.5, 0.6) is 0 Å². The van der Waals surface area contributed by atoms with Gasteiger partial charge in [0.15, 0.2) is 0 Å². The van der Waals surface area contributed by atoms with Crippen molar-refractivity contribution < 1.29 is 4.74 Å². The van der Waals surface area contributed by atoms with Gasteiger partial charge in [-0.05, 0) is 7.05 Å². The summed E-state index contributed by atoms with van der Waals surface area (Å²) in [6.45, 7) is 7.50. The molecule has 0 aliphatic rings. The van der Waals surface area contributed by atoms with Crippen LogP contribution in [0.3, 0.4) is 0 Å². The Morgan fingerprint density at radius 3 is 2.57 bits per heavy atom. The zero-order chi connectivity index (χ0) is 11.0. The molecule has 0 aromatic rings. The Morgan fingerprint density at radius 1 is 1.43 bits per heavy atom. The predicted molar refractivity (Wildman–Crippen MR) is 60.7 cm³/mol. The van der Waals surface area contributed by atoms with Crippen LogP contribution in [-0.2, 0) is 4.74 Å². The highest BCUT2D eigenvalue weighted by atomic mass is 16.5. The van der Waals surface area contributed by atoms with Gasteiger partial charge < -0.3 is 15.4 Å². The van der Waals surface area contributed by atoms with E-state index in [1.54, 1.807) is 7.11 Å². The van der Waals surface area contributed by atoms with Crippen LogP contribution >= 0.6 is 0 Å². The zero-order valence-electron chi connectivity index (χ0n) is 9.79. The van der Waals surface area contributed by atoms with Crippen LogP contribution in [0.2, 0.25) is 0 Å². The minimum Gasteiger partial charge on any atom is -0.387 e. The summed E-state index contributed by atoms with van der Waals surface area (Å²) in [5.74, 6) is 1.09. The molecule has 84 valence electrons. The number of aliphatic imine (C=N–C) groups is 1. The van der Waals surface area contributed by atoms with Crippen LogP contribution in [0.4, 0.5) is 0 Å². The van der Waals surface area contributed by atoms with Gasteiger partial charge in [-0.3, -0.25) is 4.99 Å². The van der Waals surface area contributed by atoms with Gasteiger partial charge >= 0.3 is 0 Å². The van der Waals surface area contributed by atoms with Crippen molar-refractivity contribution >= 4 is 5.84 Å². The smallest absolute Gasteiger partial charge is 0.0963 e. The number of likely N-dealkylation sites (N-methyl/N-ethyl adjacent to an activating group) is 1. The summed E-state index contributed by atoms with van der Waals surface area (Å²) in [5, 5.41) is 0. The lowest BCUT2D eigenvalue weighted by atomic mass is 10.2. The summed E-state index contributed by atoms with van der Waals surface area (Å²) in [6, 6.07) is 0. The van der Waals surface area contributed by atoms with Gasteiger partial charge in [-0.25, -0.2) is 0 Å². The number of hydrogen-bond donors (Lipinski definition) is 1. The van der Waals surface area contributed by atoms with Gasteiger partial charge in [0.25, 0.3) is 0 Å². The quantitative estimate of drug-likeness (QED) is 0.484. The van der Waals surface area contributed by atoms with Gasteiger partial charge in [0.05, 0.1) is 19.0 Å². The lowest BCUT2D eigenvalue weighted by Crippen LogP contribution is -2.27. The van der Waals surface area contributed by atoms with Crippen molar-refractivity contribution in [2.45, 2.75) is 13.8 Å². The van der Waals surface area contributed by atoms with Crippen molar-refractivity contribution in [3.05, 3.63) is 0 Å². The Bertz CT molecular complexity index is 169. The molecule has 0 atom stereocenters. The van der Waals surface area contributed by atoms with Gasteiger partial charge in [-0.1, -0.05) is 13.8 Å². The molecule has 0 aliphatic carbocycles. The molecule has 14 heavy (non-hydrogen) atoms. The van der Waals surface area contributed by atoms with Crippen LogP contribution in [0.1, 0.15) is 13.8 Å². The molecule has 0 aromatic carbocycles. The maximum absolute atomic E-state index is 5.71. The number of ether oxygens (including phenoxy) is 1. The van der Waals surface area contributed by atoms with Crippen LogP contribution in [0, 0.1) is 5.92 Å².